The molecule has 1 amide bonds. The lowest BCUT2D eigenvalue weighted by molar-refractivity contribution is 0.0967. The molecule has 0 aliphatic rings. The zero-order chi connectivity index (χ0) is 13.4. The standard InChI is InChI=1S/C13H10BrN3OS/c1-15-12(18)10-7-9-11(14)16-17(13(9)19-10)8-5-3-2-4-6-8/h2-7H,1H3,(H,15,18). The first kappa shape index (κ1) is 12.4. The summed E-state index contributed by atoms with van der Waals surface area (Å²) in [6.07, 6.45) is 0. The second-order valence-corrected chi connectivity index (χ2v) is 5.73. The van der Waals surface area contributed by atoms with E-state index in [-0.39, 0.29) is 5.91 Å². The molecule has 0 atom stereocenters. The third-order valence-corrected chi connectivity index (χ3v) is 4.46. The molecule has 19 heavy (non-hydrogen) atoms. The van der Waals surface area contributed by atoms with Crippen LogP contribution in [0.25, 0.3) is 15.9 Å². The molecule has 4 nitrogen and oxygen atoms in total. The molecule has 1 aromatic carbocycles. The van der Waals surface area contributed by atoms with Crippen LogP contribution in [0.1, 0.15) is 9.67 Å². The van der Waals surface area contributed by atoms with Crippen LogP contribution >= 0.6 is 27.3 Å². The molecular weight excluding hydrogens is 326 g/mol. The lowest BCUT2D eigenvalue weighted by Gasteiger charge is -2.00. The number of benzene rings is 1. The van der Waals surface area contributed by atoms with Crippen molar-refractivity contribution in [1.29, 1.82) is 0 Å². The van der Waals surface area contributed by atoms with Gasteiger partial charge in [-0.1, -0.05) is 18.2 Å². The van der Waals surface area contributed by atoms with Gasteiger partial charge >= 0.3 is 0 Å². The Morgan fingerprint density at radius 2 is 2.11 bits per heavy atom. The summed E-state index contributed by atoms with van der Waals surface area (Å²) in [7, 11) is 1.63. The summed E-state index contributed by atoms with van der Waals surface area (Å²) in [5, 5.41) is 8.05. The summed E-state index contributed by atoms with van der Waals surface area (Å²) in [4.78, 5) is 13.3. The Morgan fingerprint density at radius 3 is 2.79 bits per heavy atom. The number of carbonyl (C=O) groups is 1. The number of nitrogens with zero attached hydrogens (tertiary/aromatic N) is 2. The number of carbonyl (C=O) groups excluding carboxylic acids is 1. The third-order valence-electron chi connectivity index (χ3n) is 2.77. The van der Waals surface area contributed by atoms with E-state index in [0.717, 1.165) is 20.5 Å². The fourth-order valence-electron chi connectivity index (χ4n) is 1.85. The minimum Gasteiger partial charge on any atom is -0.354 e. The van der Waals surface area contributed by atoms with Crippen LogP contribution in [0.3, 0.4) is 0 Å². The Kier molecular flexibility index (Phi) is 3.12. The van der Waals surface area contributed by atoms with Crippen LogP contribution < -0.4 is 5.32 Å². The zero-order valence-corrected chi connectivity index (χ0v) is 12.5. The molecule has 0 unspecified atom stereocenters. The lowest BCUT2D eigenvalue weighted by atomic mass is 10.3. The van der Waals surface area contributed by atoms with Crippen molar-refractivity contribution in [3.63, 3.8) is 0 Å². The fraction of sp³-hybridized carbons (Fsp3) is 0.0769. The highest BCUT2D eigenvalue weighted by atomic mass is 79.9. The predicted octanol–water partition coefficient (Wildman–Crippen LogP) is 3.21. The van der Waals surface area contributed by atoms with E-state index in [2.05, 4.69) is 26.3 Å². The van der Waals surface area contributed by atoms with Gasteiger partial charge in [0.05, 0.1) is 10.6 Å². The summed E-state index contributed by atoms with van der Waals surface area (Å²) < 4.78 is 2.59. The molecule has 1 N–H and O–H groups in total. The maximum Gasteiger partial charge on any atom is 0.261 e. The first-order valence-corrected chi connectivity index (χ1v) is 7.27. The molecule has 0 spiro atoms. The highest BCUT2D eigenvalue weighted by molar-refractivity contribution is 9.10. The second kappa shape index (κ2) is 4.79. The minimum atomic E-state index is -0.0762. The van der Waals surface area contributed by atoms with E-state index in [1.54, 1.807) is 7.05 Å². The lowest BCUT2D eigenvalue weighted by Crippen LogP contribution is -2.16. The first-order valence-electron chi connectivity index (χ1n) is 5.66. The van der Waals surface area contributed by atoms with Crippen molar-refractivity contribution in [2.45, 2.75) is 0 Å². The van der Waals surface area contributed by atoms with Crippen LogP contribution in [0.2, 0.25) is 0 Å². The number of nitrogens with one attached hydrogen (secondary N) is 1. The highest BCUT2D eigenvalue weighted by Crippen LogP contribution is 2.33. The Morgan fingerprint density at radius 1 is 1.37 bits per heavy atom. The quantitative estimate of drug-likeness (QED) is 0.781. The molecular formula is C13H10BrN3OS. The third kappa shape index (κ3) is 2.06. The summed E-state index contributed by atoms with van der Waals surface area (Å²) in [5.74, 6) is -0.0762. The number of fused-ring (bicyclic) bond motifs is 1. The van der Waals surface area contributed by atoms with Crippen molar-refractivity contribution in [1.82, 2.24) is 15.1 Å². The molecule has 0 aliphatic heterocycles. The minimum absolute atomic E-state index is 0.0762. The molecule has 0 saturated carbocycles. The van der Waals surface area contributed by atoms with Crippen LogP contribution in [0.5, 0.6) is 0 Å². The predicted molar refractivity (Wildman–Crippen MR) is 80.0 cm³/mol. The molecule has 0 fully saturated rings. The summed E-state index contributed by atoms with van der Waals surface area (Å²) in [5.41, 5.74) is 0.975. The Hall–Kier alpha value is -1.66. The molecule has 0 saturated heterocycles. The Bertz CT molecular complexity index is 748. The molecule has 6 heteroatoms. The van der Waals surface area contributed by atoms with Gasteiger partial charge in [-0.3, -0.25) is 4.79 Å². The summed E-state index contributed by atoms with van der Waals surface area (Å²) in [6.45, 7) is 0. The number of halogens is 1. The average Bonchev–Trinajstić information content (AvgIpc) is 3.00. The van der Waals surface area contributed by atoms with Crippen LogP contribution in [-0.2, 0) is 0 Å². The van der Waals surface area contributed by atoms with E-state index in [1.807, 2.05) is 41.1 Å². The average molecular weight is 336 g/mol. The zero-order valence-electron chi connectivity index (χ0n) is 10.1. The van der Waals surface area contributed by atoms with Crippen LogP contribution in [0.4, 0.5) is 0 Å². The van der Waals surface area contributed by atoms with Gasteiger partial charge in [-0.25, -0.2) is 4.68 Å². The van der Waals surface area contributed by atoms with Crippen molar-refractivity contribution in [3.05, 3.63) is 45.9 Å². The monoisotopic (exact) mass is 335 g/mol. The molecule has 2 aromatic heterocycles. The topological polar surface area (TPSA) is 46.9 Å². The maximum absolute atomic E-state index is 11.7. The Labute approximate surface area is 122 Å². The second-order valence-electron chi connectivity index (χ2n) is 3.95. The smallest absolute Gasteiger partial charge is 0.261 e. The van der Waals surface area contributed by atoms with E-state index < -0.39 is 0 Å². The molecule has 0 radical (unpaired) electrons. The summed E-state index contributed by atoms with van der Waals surface area (Å²) in [6, 6.07) is 11.7. The van der Waals surface area contributed by atoms with E-state index in [4.69, 9.17) is 0 Å². The van der Waals surface area contributed by atoms with E-state index in [9.17, 15) is 4.79 Å². The largest absolute Gasteiger partial charge is 0.354 e. The molecule has 2 heterocycles. The van der Waals surface area contributed by atoms with Gasteiger partial charge in [0.2, 0.25) is 0 Å². The van der Waals surface area contributed by atoms with Crippen LogP contribution in [0, 0.1) is 0 Å². The molecule has 0 bridgehead atoms. The fourth-order valence-corrected chi connectivity index (χ4v) is 3.52. The van der Waals surface area contributed by atoms with Crippen LogP contribution in [-0.4, -0.2) is 22.7 Å². The van der Waals surface area contributed by atoms with Crippen molar-refractivity contribution < 1.29 is 4.79 Å². The van der Waals surface area contributed by atoms with Crippen molar-refractivity contribution >= 4 is 43.4 Å². The highest BCUT2D eigenvalue weighted by Gasteiger charge is 2.16. The first-order chi connectivity index (χ1) is 9.20. The number of amides is 1. The van der Waals surface area contributed by atoms with Gasteiger partial charge < -0.3 is 5.32 Å². The molecule has 96 valence electrons. The van der Waals surface area contributed by atoms with Gasteiger partial charge in [0.15, 0.2) is 0 Å². The number of aromatic nitrogens is 2. The van der Waals surface area contributed by atoms with Gasteiger partial charge in [0.1, 0.15) is 9.43 Å². The van der Waals surface area contributed by atoms with Crippen molar-refractivity contribution in [2.75, 3.05) is 7.05 Å². The molecule has 3 aromatic rings. The van der Waals surface area contributed by atoms with Crippen molar-refractivity contribution in [3.8, 4) is 5.69 Å². The number of hydrogen-bond donors (Lipinski definition) is 1. The van der Waals surface area contributed by atoms with E-state index in [1.165, 1.54) is 11.3 Å². The SMILES string of the molecule is CNC(=O)c1cc2c(Br)nn(-c3ccccc3)c2s1. The Balaban J connectivity index is 2.21. The van der Waals surface area contributed by atoms with Crippen LogP contribution in [0.15, 0.2) is 41.0 Å². The number of thiophene rings is 1. The van der Waals surface area contributed by atoms with E-state index in [0.29, 0.717) is 4.88 Å². The van der Waals surface area contributed by atoms with Gasteiger partial charge in [-0.2, -0.15) is 5.10 Å². The van der Waals surface area contributed by atoms with Crippen molar-refractivity contribution in [2.24, 2.45) is 0 Å². The number of para-hydroxylation sites is 1. The normalized spacial score (nSPS) is 10.8. The summed E-state index contributed by atoms with van der Waals surface area (Å²) >= 11 is 4.87. The molecule has 3 rings (SSSR count). The van der Waals surface area contributed by atoms with Gasteiger partial charge in [-0.15, -0.1) is 11.3 Å². The van der Waals surface area contributed by atoms with Gasteiger partial charge in [0, 0.05) is 12.4 Å². The maximum atomic E-state index is 11.7. The number of hydrogen-bond acceptors (Lipinski definition) is 3. The van der Waals surface area contributed by atoms with Gasteiger partial charge in [-0.05, 0) is 34.1 Å². The molecule has 0 aliphatic carbocycles. The number of rotatable bonds is 2. The van der Waals surface area contributed by atoms with E-state index >= 15 is 0 Å². The van der Waals surface area contributed by atoms with Gasteiger partial charge in [0.25, 0.3) is 5.91 Å².